The average molecular weight is 368 g/mol. The third kappa shape index (κ3) is 5.12. The lowest BCUT2D eigenvalue weighted by Gasteiger charge is -2.29. The summed E-state index contributed by atoms with van der Waals surface area (Å²) in [4.78, 5) is 14.8. The monoisotopic (exact) mass is 367 g/mol. The van der Waals surface area contributed by atoms with Crippen LogP contribution in [0.2, 0.25) is 5.02 Å². The van der Waals surface area contributed by atoms with Crippen molar-refractivity contribution in [3.8, 4) is 0 Å². The van der Waals surface area contributed by atoms with E-state index >= 15 is 0 Å². The number of carbonyl (C=O) groups is 1. The van der Waals surface area contributed by atoms with E-state index in [9.17, 15) is 4.79 Å². The molecule has 1 aromatic carbocycles. The van der Waals surface area contributed by atoms with Gasteiger partial charge in [0, 0.05) is 42.1 Å². The van der Waals surface area contributed by atoms with Gasteiger partial charge in [0.2, 0.25) is 5.91 Å². The SMILES string of the molecule is O=C(CC1CSCCN1)NCC(c1cccc(Cl)c1)N1CCCC1. The molecule has 0 spiro atoms. The number of benzene rings is 1. The summed E-state index contributed by atoms with van der Waals surface area (Å²) in [6.07, 6.45) is 3.03. The molecule has 2 atom stereocenters. The van der Waals surface area contributed by atoms with Crippen molar-refractivity contribution in [1.29, 1.82) is 0 Å². The second-order valence-corrected chi connectivity index (χ2v) is 8.13. The number of likely N-dealkylation sites (tertiary alicyclic amines) is 1. The zero-order valence-electron chi connectivity index (χ0n) is 14.0. The first-order valence-corrected chi connectivity index (χ1v) is 10.3. The van der Waals surface area contributed by atoms with Gasteiger partial charge in [-0.3, -0.25) is 9.69 Å². The first-order valence-electron chi connectivity index (χ1n) is 8.80. The number of nitrogens with zero attached hydrogens (tertiary/aromatic N) is 1. The van der Waals surface area contributed by atoms with Crippen molar-refractivity contribution in [3.05, 3.63) is 34.9 Å². The first kappa shape index (κ1) is 18.1. The summed E-state index contributed by atoms with van der Waals surface area (Å²) in [5.74, 6) is 2.31. The summed E-state index contributed by atoms with van der Waals surface area (Å²) in [6.45, 7) is 3.84. The van der Waals surface area contributed by atoms with Crippen molar-refractivity contribution >= 4 is 29.3 Å². The highest BCUT2D eigenvalue weighted by molar-refractivity contribution is 7.99. The number of nitrogens with one attached hydrogen (secondary N) is 2. The summed E-state index contributed by atoms with van der Waals surface area (Å²) in [5, 5.41) is 7.33. The molecule has 0 saturated carbocycles. The molecule has 2 N–H and O–H groups in total. The Morgan fingerprint density at radius 2 is 2.25 bits per heavy atom. The average Bonchev–Trinajstić information content (AvgIpc) is 3.10. The van der Waals surface area contributed by atoms with Crippen LogP contribution in [0.4, 0.5) is 0 Å². The van der Waals surface area contributed by atoms with Crippen LogP contribution in [0.1, 0.15) is 30.9 Å². The van der Waals surface area contributed by atoms with Gasteiger partial charge in [0.25, 0.3) is 0 Å². The Labute approximate surface area is 153 Å². The molecular weight excluding hydrogens is 342 g/mol. The van der Waals surface area contributed by atoms with Gasteiger partial charge in [-0.1, -0.05) is 23.7 Å². The predicted molar refractivity (Wildman–Crippen MR) is 102 cm³/mol. The van der Waals surface area contributed by atoms with Crippen molar-refractivity contribution < 1.29 is 4.79 Å². The lowest BCUT2D eigenvalue weighted by Crippen LogP contribution is -2.43. The van der Waals surface area contributed by atoms with Crippen LogP contribution >= 0.6 is 23.4 Å². The maximum Gasteiger partial charge on any atom is 0.221 e. The van der Waals surface area contributed by atoms with E-state index in [2.05, 4.69) is 21.6 Å². The van der Waals surface area contributed by atoms with E-state index in [1.165, 1.54) is 18.4 Å². The van der Waals surface area contributed by atoms with E-state index in [4.69, 9.17) is 11.6 Å². The molecule has 2 heterocycles. The van der Waals surface area contributed by atoms with Gasteiger partial charge in [-0.2, -0.15) is 11.8 Å². The van der Waals surface area contributed by atoms with Crippen LogP contribution in [0.25, 0.3) is 0 Å². The Morgan fingerprint density at radius 1 is 1.42 bits per heavy atom. The summed E-state index contributed by atoms with van der Waals surface area (Å²) < 4.78 is 0. The van der Waals surface area contributed by atoms with Crippen LogP contribution < -0.4 is 10.6 Å². The number of hydrogen-bond acceptors (Lipinski definition) is 4. The molecule has 6 heteroatoms. The Balaban J connectivity index is 1.58. The van der Waals surface area contributed by atoms with Crippen LogP contribution in [0.3, 0.4) is 0 Å². The van der Waals surface area contributed by atoms with Crippen LogP contribution in [-0.4, -0.2) is 54.5 Å². The van der Waals surface area contributed by atoms with Crippen molar-refractivity contribution in [1.82, 2.24) is 15.5 Å². The number of rotatable bonds is 6. The zero-order chi connectivity index (χ0) is 16.8. The largest absolute Gasteiger partial charge is 0.354 e. The molecule has 2 unspecified atom stereocenters. The highest BCUT2D eigenvalue weighted by Gasteiger charge is 2.25. The van der Waals surface area contributed by atoms with Crippen molar-refractivity contribution in [3.63, 3.8) is 0 Å². The Bertz CT molecular complexity index is 545. The van der Waals surface area contributed by atoms with Crippen LogP contribution in [0.5, 0.6) is 0 Å². The predicted octanol–water partition coefficient (Wildman–Crippen LogP) is 2.69. The number of carbonyl (C=O) groups excluding carboxylic acids is 1. The summed E-state index contributed by atoms with van der Waals surface area (Å²) in [5.41, 5.74) is 1.19. The topological polar surface area (TPSA) is 44.4 Å². The van der Waals surface area contributed by atoms with Gasteiger partial charge in [0.1, 0.15) is 0 Å². The fourth-order valence-electron chi connectivity index (χ4n) is 3.48. The Kier molecular flexibility index (Phi) is 6.84. The molecule has 0 radical (unpaired) electrons. The van der Waals surface area contributed by atoms with Gasteiger partial charge in [-0.05, 0) is 43.6 Å². The third-order valence-corrected chi connectivity index (χ3v) is 6.10. The normalized spacial score (nSPS) is 23.1. The molecule has 4 nitrogen and oxygen atoms in total. The molecule has 1 aromatic rings. The number of thioether (sulfide) groups is 1. The van der Waals surface area contributed by atoms with Gasteiger partial charge >= 0.3 is 0 Å². The maximum absolute atomic E-state index is 12.3. The van der Waals surface area contributed by atoms with Gasteiger partial charge < -0.3 is 10.6 Å². The third-order valence-electron chi connectivity index (χ3n) is 4.74. The van der Waals surface area contributed by atoms with Gasteiger partial charge in [-0.15, -0.1) is 0 Å². The summed E-state index contributed by atoms with van der Waals surface area (Å²) >= 11 is 8.09. The molecule has 2 aliphatic rings. The summed E-state index contributed by atoms with van der Waals surface area (Å²) in [6, 6.07) is 8.54. The molecule has 24 heavy (non-hydrogen) atoms. The number of amides is 1. The highest BCUT2D eigenvalue weighted by Crippen LogP contribution is 2.26. The molecule has 2 fully saturated rings. The van der Waals surface area contributed by atoms with E-state index in [-0.39, 0.29) is 11.9 Å². The minimum atomic E-state index is 0.140. The number of halogens is 1. The van der Waals surface area contributed by atoms with Crippen LogP contribution in [0, 0.1) is 0 Å². The first-order chi connectivity index (χ1) is 11.7. The molecular formula is C18H26ClN3OS. The van der Waals surface area contributed by atoms with Gasteiger partial charge in [-0.25, -0.2) is 0 Å². The molecule has 1 amide bonds. The highest BCUT2D eigenvalue weighted by atomic mass is 35.5. The fraction of sp³-hybridized carbons (Fsp3) is 0.611. The minimum absolute atomic E-state index is 0.140. The lowest BCUT2D eigenvalue weighted by atomic mass is 10.1. The van der Waals surface area contributed by atoms with Gasteiger partial charge in [0.15, 0.2) is 0 Å². The molecule has 0 aliphatic carbocycles. The molecule has 3 rings (SSSR count). The minimum Gasteiger partial charge on any atom is -0.354 e. The lowest BCUT2D eigenvalue weighted by molar-refractivity contribution is -0.121. The Hall–Kier alpha value is -0.750. The molecule has 132 valence electrons. The maximum atomic E-state index is 12.3. The molecule has 2 saturated heterocycles. The van der Waals surface area contributed by atoms with Crippen molar-refractivity contribution in [2.45, 2.75) is 31.3 Å². The van der Waals surface area contributed by atoms with E-state index in [1.54, 1.807) is 0 Å². The molecule has 0 bridgehead atoms. The molecule has 0 aromatic heterocycles. The standard InChI is InChI=1S/C18H26ClN3OS/c19-15-5-3-4-14(10-15)17(22-7-1-2-8-22)12-21-18(23)11-16-13-24-9-6-20-16/h3-5,10,16-17,20H,1-2,6-9,11-13H2,(H,21,23). The smallest absolute Gasteiger partial charge is 0.221 e. The van der Waals surface area contributed by atoms with E-state index < -0.39 is 0 Å². The van der Waals surface area contributed by atoms with Crippen LogP contribution in [-0.2, 0) is 4.79 Å². The van der Waals surface area contributed by atoms with Crippen molar-refractivity contribution in [2.75, 3.05) is 37.7 Å². The molecule has 2 aliphatic heterocycles. The number of hydrogen-bond donors (Lipinski definition) is 2. The van der Waals surface area contributed by atoms with E-state index in [1.807, 2.05) is 30.0 Å². The van der Waals surface area contributed by atoms with Crippen molar-refractivity contribution in [2.24, 2.45) is 0 Å². The van der Waals surface area contributed by atoms with Crippen LogP contribution in [0.15, 0.2) is 24.3 Å². The second kappa shape index (κ2) is 9.09. The quantitative estimate of drug-likeness (QED) is 0.811. The second-order valence-electron chi connectivity index (χ2n) is 6.55. The summed E-state index contributed by atoms with van der Waals surface area (Å²) in [7, 11) is 0. The van der Waals surface area contributed by atoms with E-state index in [0.717, 1.165) is 36.2 Å². The zero-order valence-corrected chi connectivity index (χ0v) is 15.5. The van der Waals surface area contributed by atoms with E-state index in [0.29, 0.717) is 19.0 Å². The fourth-order valence-corrected chi connectivity index (χ4v) is 4.63. The van der Waals surface area contributed by atoms with Gasteiger partial charge in [0.05, 0.1) is 6.04 Å². The Morgan fingerprint density at radius 3 is 2.96 bits per heavy atom.